The molecule has 0 spiro atoms. The number of hydrogen-bond acceptors (Lipinski definition) is 6. The Morgan fingerprint density at radius 1 is 1.30 bits per heavy atom. The minimum absolute atomic E-state index is 0.130. The van der Waals surface area contributed by atoms with Crippen LogP contribution in [0.5, 0.6) is 11.5 Å². The zero-order valence-corrected chi connectivity index (χ0v) is 12.5. The summed E-state index contributed by atoms with van der Waals surface area (Å²) in [5.74, 6) is 2.03. The van der Waals surface area contributed by atoms with Crippen molar-refractivity contribution < 1.29 is 14.3 Å². The van der Waals surface area contributed by atoms with Crippen molar-refractivity contribution in [3.8, 4) is 11.5 Å². The van der Waals surface area contributed by atoms with E-state index in [0.29, 0.717) is 12.2 Å². The second-order valence-electron chi connectivity index (χ2n) is 4.27. The van der Waals surface area contributed by atoms with E-state index in [-0.39, 0.29) is 5.78 Å². The predicted octanol–water partition coefficient (Wildman–Crippen LogP) is 2.53. The predicted molar refractivity (Wildman–Crippen MR) is 81.3 cm³/mol. The third kappa shape index (κ3) is 3.39. The number of ketones is 1. The van der Waals surface area contributed by atoms with Gasteiger partial charge in [0.25, 0.3) is 0 Å². The number of carbonyl (C=O) groups excluding carboxylic acids is 1. The molecule has 0 aromatic heterocycles. The highest BCUT2D eigenvalue weighted by molar-refractivity contribution is 8.14. The van der Waals surface area contributed by atoms with Crippen LogP contribution in [0.25, 0.3) is 0 Å². The van der Waals surface area contributed by atoms with Gasteiger partial charge in [0.05, 0.1) is 25.7 Å². The number of ether oxygens (including phenoxy) is 2. The van der Waals surface area contributed by atoms with Crippen LogP contribution < -0.4 is 9.47 Å². The second kappa shape index (κ2) is 6.56. The summed E-state index contributed by atoms with van der Waals surface area (Å²) >= 11 is 1.43. The lowest BCUT2D eigenvalue weighted by atomic mass is 10.1. The largest absolute Gasteiger partial charge is 0.497 e. The Balaban J connectivity index is 2.12. The molecule has 1 aromatic rings. The molecule has 1 aliphatic rings. The SMILES string of the molecule is COc1ccc(OC)c(C2=NN=C(SCC(C)=O)C2)c1. The molecule has 0 radical (unpaired) electrons. The highest BCUT2D eigenvalue weighted by Gasteiger charge is 2.19. The van der Waals surface area contributed by atoms with Crippen LogP contribution in [0, 0.1) is 0 Å². The molecule has 2 rings (SSSR count). The molecule has 1 heterocycles. The Morgan fingerprint density at radius 2 is 2.10 bits per heavy atom. The van der Waals surface area contributed by atoms with Crippen molar-refractivity contribution in [3.63, 3.8) is 0 Å². The van der Waals surface area contributed by atoms with E-state index in [2.05, 4.69) is 10.2 Å². The molecule has 0 saturated heterocycles. The standard InChI is InChI=1S/C14H16N2O3S/c1-9(17)8-20-14-7-12(15-16-14)11-6-10(18-2)4-5-13(11)19-3/h4-6H,7-8H2,1-3H3. The van der Waals surface area contributed by atoms with Gasteiger partial charge in [0.1, 0.15) is 22.3 Å². The van der Waals surface area contributed by atoms with Gasteiger partial charge in [0.15, 0.2) is 0 Å². The molecule has 0 amide bonds. The van der Waals surface area contributed by atoms with E-state index in [1.54, 1.807) is 21.1 Å². The average Bonchev–Trinajstić information content (AvgIpc) is 2.93. The number of carbonyl (C=O) groups is 1. The fourth-order valence-corrected chi connectivity index (χ4v) is 2.49. The monoisotopic (exact) mass is 292 g/mol. The molecular weight excluding hydrogens is 276 g/mol. The van der Waals surface area contributed by atoms with Crippen molar-refractivity contribution in [1.29, 1.82) is 0 Å². The van der Waals surface area contributed by atoms with E-state index < -0.39 is 0 Å². The zero-order valence-electron chi connectivity index (χ0n) is 11.7. The summed E-state index contributed by atoms with van der Waals surface area (Å²) in [5.41, 5.74) is 1.70. The van der Waals surface area contributed by atoms with E-state index in [0.717, 1.165) is 27.8 Å². The lowest BCUT2D eigenvalue weighted by molar-refractivity contribution is -0.114. The fraction of sp³-hybridized carbons (Fsp3) is 0.357. The summed E-state index contributed by atoms with van der Waals surface area (Å²) in [7, 11) is 3.24. The Kier molecular flexibility index (Phi) is 4.79. The molecule has 20 heavy (non-hydrogen) atoms. The molecule has 5 nitrogen and oxygen atoms in total. The van der Waals surface area contributed by atoms with Crippen LogP contribution in [0.3, 0.4) is 0 Å². The van der Waals surface area contributed by atoms with Crippen molar-refractivity contribution in [3.05, 3.63) is 23.8 Å². The number of rotatable bonds is 5. The second-order valence-corrected chi connectivity index (χ2v) is 5.32. The van der Waals surface area contributed by atoms with Gasteiger partial charge in [-0.3, -0.25) is 4.79 Å². The first-order valence-corrected chi connectivity index (χ1v) is 7.10. The quantitative estimate of drug-likeness (QED) is 0.836. The molecule has 0 bridgehead atoms. The van der Waals surface area contributed by atoms with Gasteiger partial charge >= 0.3 is 0 Å². The van der Waals surface area contributed by atoms with Gasteiger partial charge in [-0.2, -0.15) is 5.10 Å². The van der Waals surface area contributed by atoms with Gasteiger partial charge in [-0.15, -0.1) is 16.9 Å². The molecule has 0 aliphatic carbocycles. The van der Waals surface area contributed by atoms with E-state index in [1.807, 2.05) is 18.2 Å². The molecule has 0 atom stereocenters. The van der Waals surface area contributed by atoms with Crippen molar-refractivity contribution >= 4 is 28.3 Å². The molecule has 0 fully saturated rings. The zero-order chi connectivity index (χ0) is 14.5. The van der Waals surface area contributed by atoms with Gasteiger partial charge in [0.2, 0.25) is 0 Å². The van der Waals surface area contributed by atoms with E-state index >= 15 is 0 Å². The summed E-state index contributed by atoms with van der Waals surface area (Å²) in [4.78, 5) is 11.0. The molecule has 0 N–H and O–H groups in total. The molecule has 6 heteroatoms. The molecule has 1 aliphatic heterocycles. The number of benzene rings is 1. The van der Waals surface area contributed by atoms with Gasteiger partial charge in [-0.05, 0) is 25.1 Å². The maximum atomic E-state index is 11.0. The Morgan fingerprint density at radius 3 is 2.75 bits per heavy atom. The van der Waals surface area contributed by atoms with Crippen LogP contribution in [-0.4, -0.2) is 36.5 Å². The third-order valence-electron chi connectivity index (χ3n) is 2.76. The maximum Gasteiger partial charge on any atom is 0.140 e. The van der Waals surface area contributed by atoms with Crippen molar-refractivity contribution in [1.82, 2.24) is 0 Å². The first kappa shape index (κ1) is 14.6. The van der Waals surface area contributed by atoms with Crippen LogP contribution >= 0.6 is 11.8 Å². The number of nitrogens with zero attached hydrogens (tertiary/aromatic N) is 2. The summed E-state index contributed by atoms with van der Waals surface area (Å²) in [5, 5.41) is 9.15. The first-order valence-electron chi connectivity index (χ1n) is 6.12. The van der Waals surface area contributed by atoms with Crippen LogP contribution in [0.4, 0.5) is 0 Å². The minimum Gasteiger partial charge on any atom is -0.497 e. The molecule has 106 valence electrons. The van der Waals surface area contributed by atoms with Crippen LogP contribution in [0.2, 0.25) is 0 Å². The lowest BCUT2D eigenvalue weighted by Crippen LogP contribution is -2.06. The van der Waals surface area contributed by atoms with Crippen LogP contribution in [-0.2, 0) is 4.79 Å². The normalized spacial score (nSPS) is 13.8. The minimum atomic E-state index is 0.130. The topological polar surface area (TPSA) is 60.2 Å². The molecule has 1 aromatic carbocycles. The van der Waals surface area contributed by atoms with Gasteiger partial charge in [0, 0.05) is 12.0 Å². The Hall–Kier alpha value is -1.82. The van der Waals surface area contributed by atoms with E-state index in [1.165, 1.54) is 11.8 Å². The smallest absolute Gasteiger partial charge is 0.140 e. The number of Topliss-reactive ketones (excluding diaryl/α,β-unsaturated/α-hetero) is 1. The number of thioether (sulfide) groups is 1. The summed E-state index contributed by atoms with van der Waals surface area (Å²) in [6.07, 6.45) is 0.613. The van der Waals surface area contributed by atoms with Gasteiger partial charge < -0.3 is 9.47 Å². The highest BCUT2D eigenvalue weighted by Crippen LogP contribution is 2.28. The average molecular weight is 292 g/mol. The summed E-state index contributed by atoms with van der Waals surface area (Å²) < 4.78 is 10.6. The van der Waals surface area contributed by atoms with E-state index in [9.17, 15) is 4.79 Å². The molecule has 0 unspecified atom stereocenters. The molecular formula is C14H16N2O3S. The lowest BCUT2D eigenvalue weighted by Gasteiger charge is -2.10. The third-order valence-corrected chi connectivity index (χ3v) is 3.87. The van der Waals surface area contributed by atoms with Gasteiger partial charge in [-0.25, -0.2) is 0 Å². The summed E-state index contributed by atoms with van der Waals surface area (Å²) in [6.45, 7) is 1.56. The van der Waals surface area contributed by atoms with Gasteiger partial charge in [-0.1, -0.05) is 0 Å². The maximum absolute atomic E-state index is 11.0. The molecule has 0 saturated carbocycles. The first-order chi connectivity index (χ1) is 9.63. The Labute approximate surface area is 122 Å². The van der Waals surface area contributed by atoms with Crippen LogP contribution in [0.1, 0.15) is 18.9 Å². The number of methoxy groups -OCH3 is 2. The van der Waals surface area contributed by atoms with Crippen LogP contribution in [0.15, 0.2) is 28.4 Å². The van der Waals surface area contributed by atoms with Crippen molar-refractivity contribution in [2.45, 2.75) is 13.3 Å². The van der Waals surface area contributed by atoms with Crippen molar-refractivity contribution in [2.75, 3.05) is 20.0 Å². The fourth-order valence-electron chi connectivity index (χ4n) is 1.78. The number of hydrogen-bond donors (Lipinski definition) is 0. The summed E-state index contributed by atoms with van der Waals surface area (Å²) in [6, 6.07) is 5.56. The van der Waals surface area contributed by atoms with Crippen molar-refractivity contribution in [2.24, 2.45) is 10.2 Å². The highest BCUT2D eigenvalue weighted by atomic mass is 32.2. The Bertz CT molecular complexity index is 582. The van der Waals surface area contributed by atoms with E-state index in [4.69, 9.17) is 9.47 Å².